The molecule has 6 heterocycles. The van der Waals surface area contributed by atoms with E-state index in [0.717, 1.165) is 18.5 Å². The Morgan fingerprint density at radius 2 is 2.08 bits per heavy atom. The van der Waals surface area contributed by atoms with Gasteiger partial charge in [-0.3, -0.25) is 4.68 Å². The van der Waals surface area contributed by atoms with Gasteiger partial charge in [0, 0.05) is 36.7 Å². The fraction of sp³-hybridized carbons (Fsp3) is 0.609. The van der Waals surface area contributed by atoms with Gasteiger partial charge in [0.25, 0.3) is 0 Å². The van der Waals surface area contributed by atoms with Crippen LogP contribution in [0.2, 0.25) is 0 Å². The standard InChI is InChI=1S/C23H27F3N6O4/c1-20-9-21(10-20,13-35-20)11-29-19(33)31-3-2-22(12-31)17-7-15(30-32(17)4-5-34-22)14-6-16(18(27)28-8-14)36-23(24,25)26/h6-8H,2-5,9-13H2,1H3,(H2,27,28)(H,29,33). The lowest BCUT2D eigenvalue weighted by Gasteiger charge is -2.42. The van der Waals surface area contributed by atoms with Crippen molar-refractivity contribution in [2.24, 2.45) is 5.41 Å². The van der Waals surface area contributed by atoms with Crippen LogP contribution < -0.4 is 15.8 Å². The van der Waals surface area contributed by atoms with Crippen LogP contribution in [0.1, 0.15) is 31.9 Å². The molecule has 0 aromatic carbocycles. The van der Waals surface area contributed by atoms with Crippen molar-refractivity contribution in [1.82, 2.24) is 25.0 Å². The van der Waals surface area contributed by atoms with Crippen molar-refractivity contribution < 1.29 is 32.2 Å². The van der Waals surface area contributed by atoms with Gasteiger partial charge in [0.15, 0.2) is 11.6 Å². The van der Waals surface area contributed by atoms with E-state index >= 15 is 0 Å². The number of fused-ring (bicyclic) bond motifs is 3. The Morgan fingerprint density at radius 1 is 1.28 bits per heavy atom. The zero-order chi connectivity index (χ0) is 25.3. The minimum atomic E-state index is -4.89. The number of anilines is 1. The highest BCUT2D eigenvalue weighted by Crippen LogP contribution is 2.57. The molecule has 36 heavy (non-hydrogen) atoms. The molecule has 1 atom stereocenters. The number of nitrogens with one attached hydrogen (secondary N) is 1. The molecular weight excluding hydrogens is 481 g/mol. The summed E-state index contributed by atoms with van der Waals surface area (Å²) in [7, 11) is 0. The molecule has 3 N–H and O–H groups in total. The summed E-state index contributed by atoms with van der Waals surface area (Å²) in [6.07, 6.45) is -1.03. The Kier molecular flexibility index (Phi) is 5.01. The summed E-state index contributed by atoms with van der Waals surface area (Å²) in [6, 6.07) is 2.80. The van der Waals surface area contributed by atoms with Crippen molar-refractivity contribution in [3.05, 3.63) is 24.0 Å². The number of likely N-dealkylation sites (tertiary alicyclic amines) is 1. The Bertz CT molecular complexity index is 1210. The highest BCUT2D eigenvalue weighted by Gasteiger charge is 2.59. The van der Waals surface area contributed by atoms with E-state index in [1.165, 1.54) is 12.3 Å². The third kappa shape index (κ3) is 3.94. The van der Waals surface area contributed by atoms with Crippen LogP contribution >= 0.6 is 0 Å². The number of aromatic nitrogens is 3. The Labute approximate surface area is 204 Å². The number of carbonyl (C=O) groups is 1. The lowest BCUT2D eigenvalue weighted by atomic mass is 9.63. The predicted octanol–water partition coefficient (Wildman–Crippen LogP) is 2.64. The van der Waals surface area contributed by atoms with E-state index in [4.69, 9.17) is 15.2 Å². The van der Waals surface area contributed by atoms with Crippen LogP contribution in [0.4, 0.5) is 23.8 Å². The van der Waals surface area contributed by atoms with Gasteiger partial charge in [0.2, 0.25) is 0 Å². The van der Waals surface area contributed by atoms with Crippen LogP contribution in [0, 0.1) is 5.41 Å². The Hall–Kier alpha value is -3.06. The van der Waals surface area contributed by atoms with E-state index < -0.39 is 17.7 Å². The van der Waals surface area contributed by atoms with E-state index in [-0.39, 0.29) is 22.9 Å². The minimum Gasteiger partial charge on any atom is -0.402 e. The summed E-state index contributed by atoms with van der Waals surface area (Å²) in [5.74, 6) is -0.952. The number of urea groups is 1. The molecule has 1 spiro atoms. The number of nitrogen functional groups attached to an aromatic ring is 1. The Morgan fingerprint density at radius 3 is 2.81 bits per heavy atom. The average Bonchev–Trinajstić information content (AvgIpc) is 3.55. The summed E-state index contributed by atoms with van der Waals surface area (Å²) < 4.78 is 56.0. The number of hydrogen-bond donors (Lipinski definition) is 2. The topological polar surface area (TPSA) is 117 Å². The molecule has 3 saturated heterocycles. The molecule has 0 radical (unpaired) electrons. The molecule has 1 saturated carbocycles. The van der Waals surface area contributed by atoms with Gasteiger partial charge in [0.1, 0.15) is 5.60 Å². The number of rotatable bonds is 4. The van der Waals surface area contributed by atoms with E-state index in [1.807, 2.05) is 0 Å². The second-order valence-corrected chi connectivity index (χ2v) is 10.6. The number of nitrogens with zero attached hydrogens (tertiary/aromatic N) is 4. The first kappa shape index (κ1) is 23.3. The zero-order valence-electron chi connectivity index (χ0n) is 19.7. The van der Waals surface area contributed by atoms with Crippen molar-refractivity contribution >= 4 is 11.8 Å². The van der Waals surface area contributed by atoms with E-state index in [0.29, 0.717) is 57.1 Å². The summed E-state index contributed by atoms with van der Waals surface area (Å²) in [5.41, 5.74) is 6.35. The zero-order valence-corrected chi connectivity index (χ0v) is 19.7. The van der Waals surface area contributed by atoms with Crippen LogP contribution in [0.5, 0.6) is 5.75 Å². The molecule has 13 heteroatoms. The summed E-state index contributed by atoms with van der Waals surface area (Å²) in [5, 5.41) is 7.65. The molecule has 1 aliphatic carbocycles. The number of amides is 2. The largest absolute Gasteiger partial charge is 0.573 e. The molecule has 5 aliphatic rings. The SMILES string of the molecule is CC12CC(CNC(=O)N3CCC4(C3)OCCn3nc(-c5cnc(N)c(OC(F)(F)F)c5)cc34)(CO1)C2. The molecule has 4 fully saturated rings. The summed E-state index contributed by atoms with van der Waals surface area (Å²) >= 11 is 0. The van der Waals surface area contributed by atoms with E-state index in [9.17, 15) is 18.0 Å². The number of pyridine rings is 1. The number of alkyl halides is 3. The van der Waals surface area contributed by atoms with Gasteiger partial charge in [-0.25, -0.2) is 9.78 Å². The predicted molar refractivity (Wildman–Crippen MR) is 120 cm³/mol. The van der Waals surface area contributed by atoms with Crippen LogP contribution in [0.25, 0.3) is 11.3 Å². The second kappa shape index (κ2) is 7.72. The number of carbonyl (C=O) groups excluding carboxylic acids is 1. The van der Waals surface area contributed by atoms with Crippen LogP contribution in [-0.4, -0.2) is 70.5 Å². The number of halogens is 3. The van der Waals surface area contributed by atoms with Gasteiger partial charge in [-0.2, -0.15) is 5.10 Å². The lowest BCUT2D eigenvalue weighted by molar-refractivity contribution is -0.274. The van der Waals surface area contributed by atoms with Crippen LogP contribution in [0.15, 0.2) is 18.3 Å². The smallest absolute Gasteiger partial charge is 0.402 e. The molecule has 2 bridgehead atoms. The fourth-order valence-electron chi connectivity index (χ4n) is 6.20. The maximum absolute atomic E-state index is 13.0. The van der Waals surface area contributed by atoms with Crippen molar-refractivity contribution in [2.75, 3.05) is 38.6 Å². The molecule has 1 unspecified atom stereocenters. The van der Waals surface area contributed by atoms with Crippen LogP contribution in [-0.2, 0) is 21.6 Å². The molecule has 2 aromatic heterocycles. The quantitative estimate of drug-likeness (QED) is 0.652. The first-order valence-corrected chi connectivity index (χ1v) is 11.9. The molecule has 7 rings (SSSR count). The normalized spacial score (nSPS) is 30.8. The minimum absolute atomic E-state index is 0.0336. The maximum Gasteiger partial charge on any atom is 0.573 e. The van der Waals surface area contributed by atoms with Crippen molar-refractivity contribution in [3.8, 4) is 17.0 Å². The van der Waals surface area contributed by atoms with Crippen molar-refractivity contribution in [2.45, 2.75) is 50.3 Å². The van der Waals surface area contributed by atoms with Crippen LogP contribution in [0.3, 0.4) is 0 Å². The molecule has 194 valence electrons. The molecule has 4 aliphatic heterocycles. The lowest BCUT2D eigenvalue weighted by Crippen LogP contribution is -2.51. The van der Waals surface area contributed by atoms with E-state index in [2.05, 4.69) is 27.1 Å². The highest BCUT2D eigenvalue weighted by molar-refractivity contribution is 5.75. The van der Waals surface area contributed by atoms with Gasteiger partial charge in [-0.15, -0.1) is 13.2 Å². The number of hydrogen-bond acceptors (Lipinski definition) is 7. The molecule has 2 amide bonds. The number of ether oxygens (including phenoxy) is 3. The first-order valence-electron chi connectivity index (χ1n) is 11.9. The summed E-state index contributed by atoms with van der Waals surface area (Å²) in [4.78, 5) is 18.5. The Balaban J connectivity index is 1.18. The summed E-state index contributed by atoms with van der Waals surface area (Å²) in [6.45, 7) is 5.12. The number of nitrogens with two attached hydrogens (primary N) is 1. The third-order valence-electron chi connectivity index (χ3n) is 7.69. The van der Waals surface area contributed by atoms with Gasteiger partial charge in [-0.1, -0.05) is 0 Å². The first-order chi connectivity index (χ1) is 17.0. The van der Waals surface area contributed by atoms with Gasteiger partial charge in [0.05, 0.1) is 43.3 Å². The van der Waals surface area contributed by atoms with Gasteiger partial charge >= 0.3 is 12.4 Å². The van der Waals surface area contributed by atoms with Crippen molar-refractivity contribution in [1.29, 1.82) is 0 Å². The molecule has 2 aromatic rings. The fourth-order valence-corrected chi connectivity index (χ4v) is 6.20. The molecule has 10 nitrogen and oxygen atoms in total. The third-order valence-corrected chi connectivity index (χ3v) is 7.69. The van der Waals surface area contributed by atoms with Crippen molar-refractivity contribution in [3.63, 3.8) is 0 Å². The van der Waals surface area contributed by atoms with Gasteiger partial charge in [-0.05, 0) is 31.9 Å². The van der Waals surface area contributed by atoms with Gasteiger partial charge < -0.3 is 30.2 Å². The maximum atomic E-state index is 13.0. The highest BCUT2D eigenvalue weighted by atomic mass is 19.4. The second-order valence-electron chi connectivity index (χ2n) is 10.6. The van der Waals surface area contributed by atoms with E-state index in [1.54, 1.807) is 15.6 Å². The average molecular weight is 509 g/mol. The molecular formula is C23H27F3N6O4. The monoisotopic (exact) mass is 508 g/mol.